The molecule has 2 aromatic rings. The van der Waals surface area contributed by atoms with E-state index in [4.69, 9.17) is 9.47 Å². The molecule has 2 aliphatic heterocycles. The molecule has 2 aliphatic rings. The monoisotopic (exact) mass is 374 g/mol. The second-order valence-corrected chi connectivity index (χ2v) is 7.92. The molecule has 0 aliphatic carbocycles. The third kappa shape index (κ3) is 2.91. The molecule has 1 atom stereocenters. The number of carbonyl (C=O) groups excluding carboxylic acids is 1. The van der Waals surface area contributed by atoms with Crippen molar-refractivity contribution < 1.29 is 22.7 Å². The third-order valence-electron chi connectivity index (χ3n) is 4.40. The molecule has 1 fully saturated rings. The van der Waals surface area contributed by atoms with Gasteiger partial charge in [-0.3, -0.25) is 4.79 Å². The van der Waals surface area contributed by atoms with Crippen LogP contribution in [0.15, 0.2) is 53.4 Å². The van der Waals surface area contributed by atoms with Crippen LogP contribution in [0.2, 0.25) is 0 Å². The average Bonchev–Trinajstić information content (AvgIpc) is 2.68. The van der Waals surface area contributed by atoms with Crippen molar-refractivity contribution in [3.05, 3.63) is 54.1 Å². The van der Waals surface area contributed by atoms with Gasteiger partial charge in [-0.25, -0.2) is 8.42 Å². The number of rotatable bonds is 3. The van der Waals surface area contributed by atoms with Crippen LogP contribution in [-0.2, 0) is 14.8 Å². The van der Waals surface area contributed by atoms with Crippen molar-refractivity contribution in [2.45, 2.75) is 10.9 Å². The molecule has 0 saturated carbocycles. The number of benzene rings is 2. The number of amides is 1. The lowest BCUT2D eigenvalue weighted by Gasteiger charge is -2.34. The lowest BCUT2D eigenvalue weighted by atomic mass is 10.1. The van der Waals surface area contributed by atoms with Gasteiger partial charge in [-0.15, -0.1) is 0 Å². The minimum absolute atomic E-state index is 0.0809. The van der Waals surface area contributed by atoms with Crippen molar-refractivity contribution in [1.29, 1.82) is 0 Å². The van der Waals surface area contributed by atoms with Gasteiger partial charge in [-0.05, 0) is 17.7 Å². The maximum Gasteiger partial charge on any atom is 0.244 e. The molecular formula is C18H18N2O5S. The molecule has 1 saturated heterocycles. The van der Waals surface area contributed by atoms with Crippen molar-refractivity contribution in [2.24, 2.45) is 0 Å². The van der Waals surface area contributed by atoms with E-state index in [-0.39, 0.29) is 23.9 Å². The van der Waals surface area contributed by atoms with Crippen LogP contribution < -0.4 is 14.8 Å². The third-order valence-corrected chi connectivity index (χ3v) is 6.26. The summed E-state index contributed by atoms with van der Waals surface area (Å²) in [4.78, 5) is 12.5. The number of ether oxygens (including phenoxy) is 2. The molecular weight excluding hydrogens is 356 g/mol. The van der Waals surface area contributed by atoms with Crippen molar-refractivity contribution in [2.75, 3.05) is 26.3 Å². The molecule has 4 rings (SSSR count). The summed E-state index contributed by atoms with van der Waals surface area (Å²) >= 11 is 0. The largest absolute Gasteiger partial charge is 0.486 e. The van der Waals surface area contributed by atoms with Gasteiger partial charge < -0.3 is 14.8 Å². The van der Waals surface area contributed by atoms with Gasteiger partial charge in [0.15, 0.2) is 11.5 Å². The average molecular weight is 374 g/mol. The summed E-state index contributed by atoms with van der Waals surface area (Å²) in [6, 6.07) is 12.5. The van der Waals surface area contributed by atoms with E-state index in [0.29, 0.717) is 30.3 Å². The van der Waals surface area contributed by atoms with Crippen molar-refractivity contribution in [1.82, 2.24) is 9.62 Å². The highest BCUT2D eigenvalue weighted by atomic mass is 32.2. The zero-order chi connectivity index (χ0) is 18.1. The van der Waals surface area contributed by atoms with Crippen molar-refractivity contribution >= 4 is 15.9 Å². The molecule has 2 heterocycles. The van der Waals surface area contributed by atoms with Gasteiger partial charge in [0.2, 0.25) is 15.9 Å². The minimum atomic E-state index is -3.89. The highest BCUT2D eigenvalue weighted by Gasteiger charge is 2.39. The first-order valence-corrected chi connectivity index (χ1v) is 9.75. The summed E-state index contributed by atoms with van der Waals surface area (Å²) in [5, 5.41) is 2.74. The highest BCUT2D eigenvalue weighted by molar-refractivity contribution is 7.89. The van der Waals surface area contributed by atoms with Crippen LogP contribution in [0.25, 0.3) is 0 Å². The molecule has 1 N–H and O–H groups in total. The maximum absolute atomic E-state index is 13.3. The number of nitrogens with one attached hydrogen (secondary N) is 1. The van der Waals surface area contributed by atoms with E-state index in [1.54, 1.807) is 30.3 Å². The summed E-state index contributed by atoms with van der Waals surface area (Å²) < 4.78 is 38.7. The van der Waals surface area contributed by atoms with Gasteiger partial charge in [0.05, 0.1) is 4.90 Å². The van der Waals surface area contributed by atoms with Crippen LogP contribution in [0, 0.1) is 0 Å². The van der Waals surface area contributed by atoms with Gasteiger partial charge >= 0.3 is 0 Å². The van der Waals surface area contributed by atoms with E-state index in [9.17, 15) is 13.2 Å². The molecule has 1 unspecified atom stereocenters. The first-order valence-electron chi connectivity index (χ1n) is 8.31. The zero-order valence-electron chi connectivity index (χ0n) is 13.9. The smallest absolute Gasteiger partial charge is 0.244 e. The van der Waals surface area contributed by atoms with E-state index in [0.717, 1.165) is 0 Å². The summed E-state index contributed by atoms with van der Waals surface area (Å²) in [6.07, 6.45) is 0. The molecule has 26 heavy (non-hydrogen) atoms. The van der Waals surface area contributed by atoms with Gasteiger partial charge in [0, 0.05) is 19.2 Å². The van der Waals surface area contributed by atoms with Crippen molar-refractivity contribution in [3.8, 4) is 11.5 Å². The van der Waals surface area contributed by atoms with Gasteiger partial charge in [0.1, 0.15) is 19.3 Å². The Kier molecular flexibility index (Phi) is 4.29. The Labute approximate surface area is 151 Å². The molecule has 0 bridgehead atoms. The normalized spacial score (nSPS) is 20.5. The van der Waals surface area contributed by atoms with E-state index < -0.39 is 16.1 Å². The Bertz CT molecular complexity index is 930. The Hall–Kier alpha value is -2.58. The van der Waals surface area contributed by atoms with Crippen LogP contribution in [-0.4, -0.2) is 44.9 Å². The predicted octanol–water partition coefficient (Wildman–Crippen LogP) is 1.32. The molecule has 7 nitrogen and oxygen atoms in total. The Morgan fingerprint density at radius 3 is 2.50 bits per heavy atom. The fourth-order valence-corrected chi connectivity index (χ4v) is 4.77. The van der Waals surface area contributed by atoms with Crippen LogP contribution in [0.3, 0.4) is 0 Å². The number of hydrogen-bond donors (Lipinski definition) is 1. The number of piperazine rings is 1. The second-order valence-electron chi connectivity index (χ2n) is 6.03. The lowest BCUT2D eigenvalue weighted by Crippen LogP contribution is -2.52. The number of nitrogens with zero attached hydrogens (tertiary/aromatic N) is 1. The lowest BCUT2D eigenvalue weighted by molar-refractivity contribution is -0.126. The van der Waals surface area contributed by atoms with E-state index in [1.807, 2.05) is 6.07 Å². The van der Waals surface area contributed by atoms with Crippen LogP contribution in [0.4, 0.5) is 0 Å². The summed E-state index contributed by atoms with van der Waals surface area (Å²) in [5.41, 5.74) is 0.630. The van der Waals surface area contributed by atoms with Crippen LogP contribution >= 0.6 is 0 Å². The van der Waals surface area contributed by atoms with Gasteiger partial charge in [-0.2, -0.15) is 4.31 Å². The van der Waals surface area contributed by atoms with Crippen LogP contribution in [0.5, 0.6) is 11.5 Å². The van der Waals surface area contributed by atoms with Gasteiger partial charge in [-0.1, -0.05) is 30.3 Å². The molecule has 1 amide bonds. The molecule has 8 heteroatoms. The highest BCUT2D eigenvalue weighted by Crippen LogP contribution is 2.35. The molecule has 0 radical (unpaired) electrons. The quantitative estimate of drug-likeness (QED) is 0.876. The number of carbonyl (C=O) groups is 1. The van der Waals surface area contributed by atoms with E-state index >= 15 is 0 Å². The SMILES string of the molecule is O=C1NCCN(S(=O)(=O)c2ccc3c(c2)OCCO3)C1c1ccccc1. The van der Waals surface area contributed by atoms with Crippen molar-refractivity contribution in [3.63, 3.8) is 0 Å². The fraction of sp³-hybridized carbons (Fsp3) is 0.278. The fourth-order valence-electron chi connectivity index (χ4n) is 3.18. The standard InChI is InChI=1S/C18H18N2O5S/c21-18-17(13-4-2-1-3-5-13)20(9-8-19-18)26(22,23)14-6-7-15-16(12-14)25-11-10-24-15/h1-7,12,17H,8-11H2,(H,19,21). The number of hydrogen-bond acceptors (Lipinski definition) is 5. The van der Waals surface area contributed by atoms with Crippen LogP contribution in [0.1, 0.15) is 11.6 Å². The predicted molar refractivity (Wildman–Crippen MR) is 93.5 cm³/mol. The summed E-state index contributed by atoms with van der Waals surface area (Å²) in [7, 11) is -3.89. The summed E-state index contributed by atoms with van der Waals surface area (Å²) in [6.45, 7) is 1.27. The topological polar surface area (TPSA) is 84.9 Å². The summed E-state index contributed by atoms with van der Waals surface area (Å²) in [5.74, 6) is 0.588. The van der Waals surface area contributed by atoms with E-state index in [2.05, 4.69) is 5.32 Å². The maximum atomic E-state index is 13.3. The molecule has 136 valence electrons. The first kappa shape index (κ1) is 16.9. The molecule has 0 spiro atoms. The Balaban J connectivity index is 1.75. The molecule has 0 aromatic heterocycles. The minimum Gasteiger partial charge on any atom is -0.486 e. The Morgan fingerprint density at radius 2 is 1.73 bits per heavy atom. The number of fused-ring (bicyclic) bond motifs is 1. The first-order chi connectivity index (χ1) is 12.6. The second kappa shape index (κ2) is 6.62. The Morgan fingerprint density at radius 1 is 1.00 bits per heavy atom. The molecule has 2 aromatic carbocycles. The number of sulfonamides is 1. The van der Waals surface area contributed by atoms with E-state index in [1.165, 1.54) is 16.4 Å². The van der Waals surface area contributed by atoms with Gasteiger partial charge in [0.25, 0.3) is 0 Å². The zero-order valence-corrected chi connectivity index (χ0v) is 14.7.